The summed E-state index contributed by atoms with van der Waals surface area (Å²) in [6.07, 6.45) is 8.48. The molecule has 6 nitrogen and oxygen atoms in total. The van der Waals surface area contributed by atoms with Gasteiger partial charge >= 0.3 is 0 Å². The van der Waals surface area contributed by atoms with E-state index >= 15 is 0 Å². The average Bonchev–Trinajstić information content (AvgIpc) is 3.28. The van der Waals surface area contributed by atoms with Crippen LogP contribution < -0.4 is 5.73 Å². The van der Waals surface area contributed by atoms with E-state index in [1.807, 2.05) is 24.3 Å². The van der Waals surface area contributed by atoms with Gasteiger partial charge in [0.15, 0.2) is 0 Å². The summed E-state index contributed by atoms with van der Waals surface area (Å²) in [4.78, 5) is 27.6. The highest BCUT2D eigenvalue weighted by Crippen LogP contribution is 2.32. The summed E-state index contributed by atoms with van der Waals surface area (Å²) in [6.45, 7) is 2.52. The first kappa shape index (κ1) is 22.5. The molecule has 1 aromatic rings. The third-order valence-corrected chi connectivity index (χ3v) is 9.34. The number of likely N-dealkylation sites (tertiary alicyclic amines) is 1. The fourth-order valence-corrected chi connectivity index (χ4v) is 6.89. The largest absolute Gasteiger partial charge is 0.381 e. The van der Waals surface area contributed by atoms with Crippen molar-refractivity contribution in [1.29, 1.82) is 0 Å². The Balaban J connectivity index is 1.35. The van der Waals surface area contributed by atoms with E-state index < -0.39 is 21.5 Å². The maximum atomic E-state index is 13.2. The molecule has 2 N–H and O–H groups in total. The zero-order valence-corrected chi connectivity index (χ0v) is 19.0. The minimum Gasteiger partial charge on any atom is -0.381 e. The van der Waals surface area contributed by atoms with Crippen molar-refractivity contribution in [2.24, 2.45) is 17.6 Å². The molecule has 2 aliphatic heterocycles. The Morgan fingerprint density at radius 3 is 2.39 bits per heavy atom. The summed E-state index contributed by atoms with van der Waals surface area (Å²) in [7, 11) is -1.49. The predicted molar refractivity (Wildman–Crippen MR) is 120 cm³/mol. The number of carbonyl (C=O) groups is 2. The van der Waals surface area contributed by atoms with Crippen LogP contribution in [0.3, 0.4) is 0 Å². The molecular formula is C24H34N2O4S. The molecule has 31 heavy (non-hydrogen) atoms. The normalized spacial score (nSPS) is 25.3. The van der Waals surface area contributed by atoms with Crippen LogP contribution in [-0.4, -0.2) is 52.0 Å². The van der Waals surface area contributed by atoms with Crippen LogP contribution in [-0.2, 0) is 31.5 Å². The van der Waals surface area contributed by atoms with Crippen molar-refractivity contribution in [1.82, 2.24) is 4.90 Å². The number of carbonyl (C=O) groups excluding carboxylic acids is 2. The van der Waals surface area contributed by atoms with Crippen LogP contribution in [0.25, 0.3) is 0 Å². The van der Waals surface area contributed by atoms with E-state index in [2.05, 4.69) is 4.90 Å². The Hall–Kier alpha value is -1.73. The number of hydrogen-bond acceptors (Lipinski definition) is 4. The summed E-state index contributed by atoms with van der Waals surface area (Å²) in [5.41, 5.74) is 6.83. The molecule has 1 aliphatic carbocycles. The first-order chi connectivity index (χ1) is 15.0. The van der Waals surface area contributed by atoms with Gasteiger partial charge in [0.05, 0.1) is 10.8 Å². The molecule has 170 valence electrons. The van der Waals surface area contributed by atoms with Crippen LogP contribution in [0.4, 0.5) is 0 Å². The van der Waals surface area contributed by atoms with Crippen molar-refractivity contribution in [3.8, 4) is 0 Å². The first-order valence-corrected chi connectivity index (χ1v) is 12.8. The van der Waals surface area contributed by atoms with Crippen molar-refractivity contribution in [3.63, 3.8) is 0 Å². The fraction of sp³-hybridized carbons (Fsp3) is 0.667. The smallest absolute Gasteiger partial charge is 0.236 e. The van der Waals surface area contributed by atoms with E-state index in [9.17, 15) is 13.8 Å². The molecule has 2 saturated heterocycles. The Labute approximate surface area is 187 Å². The van der Waals surface area contributed by atoms with E-state index in [-0.39, 0.29) is 5.92 Å². The molecule has 7 heteroatoms. The van der Waals surface area contributed by atoms with Gasteiger partial charge < -0.3 is 15.4 Å². The molecule has 0 spiro atoms. The monoisotopic (exact) mass is 446 g/mol. The van der Waals surface area contributed by atoms with Gasteiger partial charge in [-0.2, -0.15) is 0 Å². The van der Waals surface area contributed by atoms with Crippen LogP contribution in [0.5, 0.6) is 0 Å². The fourth-order valence-electron chi connectivity index (χ4n) is 5.34. The van der Waals surface area contributed by atoms with Gasteiger partial charge in [-0.25, -0.2) is 0 Å². The lowest BCUT2D eigenvalue weighted by Crippen LogP contribution is -2.51. The van der Waals surface area contributed by atoms with Gasteiger partial charge in [0.25, 0.3) is 0 Å². The van der Waals surface area contributed by atoms with Gasteiger partial charge in [-0.1, -0.05) is 31.4 Å². The van der Waals surface area contributed by atoms with E-state index in [0.717, 1.165) is 38.8 Å². The van der Waals surface area contributed by atoms with Gasteiger partial charge in [-0.3, -0.25) is 13.8 Å². The maximum Gasteiger partial charge on any atom is 0.236 e. The van der Waals surface area contributed by atoms with E-state index in [1.165, 1.54) is 24.8 Å². The molecule has 2 atom stereocenters. The number of benzene rings is 1. The Morgan fingerprint density at radius 2 is 1.74 bits per heavy atom. The molecule has 0 radical (unpaired) electrons. The highest BCUT2D eigenvalue weighted by Gasteiger charge is 2.45. The zero-order valence-electron chi connectivity index (χ0n) is 18.2. The van der Waals surface area contributed by atoms with Gasteiger partial charge in [0, 0.05) is 37.1 Å². The minimum atomic E-state index is -1.49. The Bertz CT molecular complexity index is 813. The number of amides is 2. The topological polar surface area (TPSA) is 89.7 Å². The predicted octanol–water partition coefficient (Wildman–Crippen LogP) is 2.80. The molecule has 1 saturated carbocycles. The molecule has 3 aliphatic rings. The molecule has 4 rings (SSSR count). The number of hydrogen-bond donors (Lipinski definition) is 1. The third-order valence-electron chi connectivity index (χ3n) is 7.32. The molecule has 2 amide bonds. The minimum absolute atomic E-state index is 0.240. The maximum absolute atomic E-state index is 13.2. The number of ether oxygens (including phenoxy) is 1. The summed E-state index contributed by atoms with van der Waals surface area (Å²) in [6, 6.07) is 7.75. The van der Waals surface area contributed by atoms with Crippen molar-refractivity contribution < 1.29 is 18.5 Å². The number of nitrogens with two attached hydrogens (primary N) is 1. The first-order valence-electron chi connectivity index (χ1n) is 11.7. The van der Waals surface area contributed by atoms with Crippen LogP contribution in [0.2, 0.25) is 0 Å². The molecule has 0 aromatic heterocycles. The standard InChI is InChI=1S/C24H34N2O4S/c25-23(28)24(11-14-30-15-12-24)31(29)21-8-6-18(7-9-21)16-19-10-13-26(17-19)22(27)20-4-2-1-3-5-20/h6-9,19-20H,1-5,10-17H2,(H2,25,28)/t19-,31?/m0/s1. The second kappa shape index (κ2) is 9.82. The van der Waals surface area contributed by atoms with Crippen molar-refractivity contribution in [2.75, 3.05) is 26.3 Å². The summed E-state index contributed by atoms with van der Waals surface area (Å²) in [5.74, 6) is 0.564. The second-order valence-corrected chi connectivity index (χ2v) is 11.2. The van der Waals surface area contributed by atoms with E-state index in [1.54, 1.807) is 0 Å². The van der Waals surface area contributed by atoms with Gasteiger partial charge in [0.1, 0.15) is 4.75 Å². The SMILES string of the molecule is NC(=O)C1(S(=O)c2ccc(C[C@@H]3CCN(C(=O)C4CCCCC4)C3)cc2)CCOCC1. The highest BCUT2D eigenvalue weighted by atomic mass is 32.2. The van der Waals surface area contributed by atoms with E-state index in [0.29, 0.717) is 42.8 Å². The van der Waals surface area contributed by atoms with Crippen molar-refractivity contribution in [2.45, 2.75) is 67.4 Å². The van der Waals surface area contributed by atoms with E-state index in [4.69, 9.17) is 10.5 Å². The number of rotatable bonds is 6. The lowest BCUT2D eigenvalue weighted by molar-refractivity contribution is -0.135. The summed E-state index contributed by atoms with van der Waals surface area (Å²) < 4.78 is 17.5. The lowest BCUT2D eigenvalue weighted by atomic mass is 9.88. The molecule has 2 heterocycles. The molecule has 3 fully saturated rings. The Morgan fingerprint density at radius 1 is 1.06 bits per heavy atom. The molecule has 1 unspecified atom stereocenters. The van der Waals surface area contributed by atoms with Crippen LogP contribution in [0.15, 0.2) is 29.2 Å². The number of primary amides is 1. The molecule has 1 aromatic carbocycles. The summed E-state index contributed by atoms with van der Waals surface area (Å²) >= 11 is 0. The van der Waals surface area contributed by atoms with Crippen LogP contribution >= 0.6 is 0 Å². The van der Waals surface area contributed by atoms with Crippen molar-refractivity contribution in [3.05, 3.63) is 29.8 Å². The summed E-state index contributed by atoms with van der Waals surface area (Å²) in [5, 5.41) is 0. The lowest BCUT2D eigenvalue weighted by Gasteiger charge is -2.33. The van der Waals surface area contributed by atoms with Gasteiger partial charge in [-0.05, 0) is 62.1 Å². The van der Waals surface area contributed by atoms with Crippen LogP contribution in [0.1, 0.15) is 56.9 Å². The van der Waals surface area contributed by atoms with Crippen LogP contribution in [0, 0.1) is 11.8 Å². The quantitative estimate of drug-likeness (QED) is 0.728. The third kappa shape index (κ3) is 4.87. The molecular weight excluding hydrogens is 412 g/mol. The van der Waals surface area contributed by atoms with Crippen molar-refractivity contribution >= 4 is 22.6 Å². The average molecular weight is 447 g/mol. The number of nitrogens with zero attached hydrogens (tertiary/aromatic N) is 1. The molecule has 0 bridgehead atoms. The van der Waals surface area contributed by atoms with Gasteiger partial charge in [-0.15, -0.1) is 0 Å². The highest BCUT2D eigenvalue weighted by molar-refractivity contribution is 7.87. The zero-order chi connectivity index (χ0) is 21.8. The Kier molecular flexibility index (Phi) is 7.12. The van der Waals surface area contributed by atoms with Gasteiger partial charge in [0.2, 0.25) is 11.8 Å². The second-order valence-electron chi connectivity index (χ2n) is 9.36.